The van der Waals surface area contributed by atoms with Crippen LogP contribution < -0.4 is 9.64 Å². The highest BCUT2D eigenvalue weighted by Crippen LogP contribution is 2.45. The molecule has 1 N–H and O–H groups in total. The molecule has 1 atom stereocenters. The molecule has 50 heavy (non-hydrogen) atoms. The van der Waals surface area contributed by atoms with Gasteiger partial charge in [0.2, 0.25) is 0 Å². The zero-order valence-corrected chi connectivity index (χ0v) is 30.7. The highest BCUT2D eigenvalue weighted by atomic mass is 35.5. The van der Waals surface area contributed by atoms with Crippen molar-refractivity contribution >= 4 is 62.6 Å². The van der Waals surface area contributed by atoms with Crippen molar-refractivity contribution in [2.75, 3.05) is 18.1 Å². The standard InChI is InChI=1S/C39H39Cl2N5O4/c1-20-15-26(16-21(2)35(20)41)50-14-8-9-28-29-10-11-31(40)34(33-23(4)42-44(7)24(33)5)36(29)46-22(3)19-45(38(47)37(28)46)25-17-30(39(48)49)27-12-13-43(6)32(27)18-25/h10-13,15-18,22H,8-9,14,19H2,1-7H3,(H,48,49)/t22-/m1/s1. The second-order valence-corrected chi connectivity index (χ2v) is 14.2. The lowest BCUT2D eigenvalue weighted by Gasteiger charge is -2.34. The summed E-state index contributed by atoms with van der Waals surface area (Å²) in [6.07, 6.45) is 3.05. The number of aromatic nitrogens is 4. The first kappa shape index (κ1) is 33.8. The van der Waals surface area contributed by atoms with E-state index in [0.717, 1.165) is 66.4 Å². The maximum atomic E-state index is 14.9. The summed E-state index contributed by atoms with van der Waals surface area (Å²) < 4.78 is 12.1. The molecule has 0 bridgehead atoms. The van der Waals surface area contributed by atoms with E-state index in [1.54, 1.807) is 17.0 Å². The van der Waals surface area contributed by atoms with Crippen LogP contribution in [0.2, 0.25) is 10.0 Å². The fraction of sp³-hybridized carbons (Fsp3) is 0.308. The molecule has 3 aromatic heterocycles. The third-order valence-electron chi connectivity index (χ3n) is 10.1. The Kier molecular flexibility index (Phi) is 8.47. The maximum Gasteiger partial charge on any atom is 0.336 e. The van der Waals surface area contributed by atoms with E-state index in [9.17, 15) is 14.7 Å². The Balaban J connectivity index is 1.38. The number of carboxylic acid groups (broad SMARTS) is 1. The molecule has 9 nitrogen and oxygen atoms in total. The summed E-state index contributed by atoms with van der Waals surface area (Å²) in [4.78, 5) is 29.0. The molecule has 0 unspecified atom stereocenters. The van der Waals surface area contributed by atoms with Gasteiger partial charge in [0.05, 0.1) is 33.9 Å². The molecule has 11 heteroatoms. The summed E-state index contributed by atoms with van der Waals surface area (Å²) in [5.74, 6) is -0.473. The molecule has 7 rings (SSSR count). The number of aryl methyl sites for hydroxylation is 6. The molecular weight excluding hydrogens is 673 g/mol. The van der Waals surface area contributed by atoms with Gasteiger partial charge in [-0.15, -0.1) is 0 Å². The Hall–Kier alpha value is -4.73. The van der Waals surface area contributed by atoms with Gasteiger partial charge >= 0.3 is 5.97 Å². The van der Waals surface area contributed by atoms with Gasteiger partial charge in [-0.25, -0.2) is 4.79 Å². The lowest BCUT2D eigenvalue weighted by atomic mass is 9.98. The van der Waals surface area contributed by atoms with Gasteiger partial charge in [0.15, 0.2) is 0 Å². The Bertz CT molecular complexity index is 2360. The third-order valence-corrected chi connectivity index (χ3v) is 11.0. The van der Waals surface area contributed by atoms with Gasteiger partial charge in [-0.2, -0.15) is 5.10 Å². The van der Waals surface area contributed by atoms with Crippen molar-refractivity contribution in [3.05, 3.63) is 98.0 Å². The van der Waals surface area contributed by atoms with E-state index in [2.05, 4.69) is 11.5 Å². The van der Waals surface area contributed by atoms with Gasteiger partial charge in [0, 0.05) is 71.2 Å². The van der Waals surface area contributed by atoms with E-state index in [1.165, 1.54) is 0 Å². The topological polar surface area (TPSA) is 94.5 Å². The highest BCUT2D eigenvalue weighted by Gasteiger charge is 2.37. The minimum atomic E-state index is -1.04. The first-order valence-electron chi connectivity index (χ1n) is 16.7. The van der Waals surface area contributed by atoms with Gasteiger partial charge < -0.3 is 23.9 Å². The van der Waals surface area contributed by atoms with Gasteiger partial charge in [-0.1, -0.05) is 29.3 Å². The highest BCUT2D eigenvalue weighted by molar-refractivity contribution is 6.35. The molecule has 4 heterocycles. The maximum absolute atomic E-state index is 14.9. The van der Waals surface area contributed by atoms with Crippen LogP contribution in [0, 0.1) is 27.7 Å². The zero-order chi connectivity index (χ0) is 35.8. The van der Waals surface area contributed by atoms with E-state index in [4.69, 9.17) is 33.0 Å². The van der Waals surface area contributed by atoms with Gasteiger partial charge in [-0.3, -0.25) is 9.48 Å². The number of ether oxygens (including phenoxy) is 1. The predicted octanol–water partition coefficient (Wildman–Crippen LogP) is 9.01. The van der Waals surface area contributed by atoms with Crippen LogP contribution in [0.1, 0.15) is 68.3 Å². The number of hydrogen-bond acceptors (Lipinski definition) is 4. The Morgan fingerprint density at radius 1 is 1.00 bits per heavy atom. The molecule has 1 aliphatic rings. The van der Waals surface area contributed by atoms with Gasteiger partial charge in [-0.05, 0) is 101 Å². The fourth-order valence-electron chi connectivity index (χ4n) is 7.64. The Morgan fingerprint density at radius 3 is 2.38 bits per heavy atom. The monoisotopic (exact) mass is 711 g/mol. The molecule has 0 aliphatic carbocycles. The number of fused-ring (bicyclic) bond motifs is 4. The number of nitrogens with zero attached hydrogens (tertiary/aromatic N) is 5. The lowest BCUT2D eigenvalue weighted by molar-refractivity contribution is 0.0698. The van der Waals surface area contributed by atoms with E-state index >= 15 is 0 Å². The van der Waals surface area contributed by atoms with Crippen LogP contribution in [0.25, 0.3) is 32.9 Å². The quantitative estimate of drug-likeness (QED) is 0.159. The summed E-state index contributed by atoms with van der Waals surface area (Å²) in [6.45, 7) is 10.8. The number of carboxylic acids is 1. The van der Waals surface area contributed by atoms with Crippen LogP contribution in [0.15, 0.2) is 48.7 Å². The van der Waals surface area contributed by atoms with Crippen LogP contribution in [0.4, 0.5) is 5.69 Å². The minimum absolute atomic E-state index is 0.159. The Morgan fingerprint density at radius 2 is 1.72 bits per heavy atom. The van der Waals surface area contributed by atoms with Crippen molar-refractivity contribution in [2.24, 2.45) is 14.1 Å². The number of rotatable bonds is 8. The number of hydrogen-bond donors (Lipinski definition) is 1. The molecule has 1 amide bonds. The summed E-state index contributed by atoms with van der Waals surface area (Å²) in [6, 6.07) is 12.9. The van der Waals surface area contributed by atoms with Gasteiger partial charge in [0.1, 0.15) is 11.4 Å². The molecule has 0 saturated carbocycles. The van der Waals surface area contributed by atoms with Crippen molar-refractivity contribution in [3.63, 3.8) is 0 Å². The first-order valence-corrected chi connectivity index (χ1v) is 17.4. The summed E-state index contributed by atoms with van der Waals surface area (Å²) in [5, 5.41) is 17.7. The summed E-state index contributed by atoms with van der Waals surface area (Å²) in [7, 11) is 3.79. The molecule has 6 aromatic rings. The van der Waals surface area contributed by atoms with Crippen molar-refractivity contribution in [3.8, 4) is 16.9 Å². The second kappa shape index (κ2) is 12.5. The largest absolute Gasteiger partial charge is 0.494 e. The molecule has 0 fully saturated rings. The van der Waals surface area contributed by atoms with Crippen LogP contribution in [0.5, 0.6) is 5.75 Å². The first-order chi connectivity index (χ1) is 23.8. The van der Waals surface area contributed by atoms with Crippen LogP contribution >= 0.6 is 23.2 Å². The second-order valence-electron chi connectivity index (χ2n) is 13.4. The van der Waals surface area contributed by atoms with Crippen molar-refractivity contribution < 1.29 is 19.4 Å². The SMILES string of the molecule is Cc1cc(OCCCc2c3n(c4c(-c5c(C)nn(C)c5C)c(Cl)ccc24)[C@H](C)CN(c2cc(C(=O)O)c4ccn(C)c4c2)C3=O)cc(C)c1Cl. The summed E-state index contributed by atoms with van der Waals surface area (Å²) >= 11 is 13.4. The zero-order valence-electron chi connectivity index (χ0n) is 29.2. The lowest BCUT2D eigenvalue weighted by Crippen LogP contribution is -2.42. The van der Waals surface area contributed by atoms with Crippen LogP contribution in [-0.2, 0) is 20.5 Å². The smallest absolute Gasteiger partial charge is 0.336 e. The van der Waals surface area contributed by atoms with Crippen molar-refractivity contribution in [1.82, 2.24) is 18.9 Å². The van der Waals surface area contributed by atoms with Crippen LogP contribution in [-0.4, -0.2) is 49.0 Å². The number of benzene rings is 3. The van der Waals surface area contributed by atoms with Crippen molar-refractivity contribution in [2.45, 2.75) is 53.5 Å². The van der Waals surface area contributed by atoms with E-state index in [0.29, 0.717) is 47.8 Å². The Labute approximate surface area is 300 Å². The van der Waals surface area contributed by atoms with E-state index < -0.39 is 5.97 Å². The average Bonchev–Trinajstić information content (AvgIpc) is 3.69. The normalized spacial score (nSPS) is 14.6. The van der Waals surface area contributed by atoms with Crippen LogP contribution in [0.3, 0.4) is 0 Å². The molecule has 0 saturated heterocycles. The molecule has 258 valence electrons. The summed E-state index contributed by atoms with van der Waals surface area (Å²) in [5.41, 5.74) is 9.38. The van der Waals surface area contributed by atoms with E-state index in [1.807, 2.05) is 87.6 Å². The third kappa shape index (κ3) is 5.34. The number of carbonyl (C=O) groups is 2. The van der Waals surface area contributed by atoms with E-state index in [-0.39, 0.29) is 17.5 Å². The molecule has 0 spiro atoms. The molecule has 0 radical (unpaired) electrons. The number of anilines is 1. The molecule has 1 aliphatic heterocycles. The molecular formula is C39H39Cl2N5O4. The number of carbonyl (C=O) groups excluding carboxylic acids is 1. The fourth-order valence-corrected chi connectivity index (χ4v) is 8.00. The molecule has 3 aromatic carbocycles. The number of aromatic carboxylic acids is 1. The predicted molar refractivity (Wildman–Crippen MR) is 200 cm³/mol. The minimum Gasteiger partial charge on any atom is -0.494 e. The number of amides is 1. The van der Waals surface area contributed by atoms with Crippen molar-refractivity contribution in [1.29, 1.82) is 0 Å². The van der Waals surface area contributed by atoms with Gasteiger partial charge in [0.25, 0.3) is 5.91 Å². The number of halogens is 2. The average molecular weight is 713 g/mol.